The summed E-state index contributed by atoms with van der Waals surface area (Å²) in [6.07, 6.45) is 0. The molecule has 0 saturated carbocycles. The highest BCUT2D eigenvalue weighted by Gasteiger charge is 2.21. The van der Waals surface area contributed by atoms with Gasteiger partial charge >= 0.3 is 0 Å². The molecule has 0 aliphatic rings. The van der Waals surface area contributed by atoms with Crippen LogP contribution in [0.15, 0.2) is 47.0 Å². The molecule has 21 heavy (non-hydrogen) atoms. The van der Waals surface area contributed by atoms with Crippen LogP contribution in [0.1, 0.15) is 25.7 Å². The van der Waals surface area contributed by atoms with Crippen LogP contribution in [-0.2, 0) is 0 Å². The van der Waals surface area contributed by atoms with Gasteiger partial charge in [0, 0.05) is 12.1 Å². The van der Waals surface area contributed by atoms with Crippen molar-refractivity contribution in [1.29, 1.82) is 0 Å². The largest absolute Gasteiger partial charge is 0.339 e. The average Bonchev–Trinajstić information content (AvgIpc) is 2.96. The number of nitrogens with two attached hydrogens (primary N) is 1. The van der Waals surface area contributed by atoms with Crippen molar-refractivity contribution in [1.82, 2.24) is 10.1 Å². The van der Waals surface area contributed by atoms with Gasteiger partial charge in [0.2, 0.25) is 11.7 Å². The van der Waals surface area contributed by atoms with Crippen LogP contribution in [0.3, 0.4) is 0 Å². The van der Waals surface area contributed by atoms with Gasteiger partial charge in [-0.2, -0.15) is 4.98 Å². The number of hydrogen-bond acceptors (Lipinski definition) is 4. The Kier molecular flexibility index (Phi) is 3.71. The van der Waals surface area contributed by atoms with Crippen LogP contribution in [0.2, 0.25) is 0 Å². The lowest BCUT2D eigenvalue weighted by Gasteiger charge is -2.13. The van der Waals surface area contributed by atoms with Crippen molar-refractivity contribution in [2.45, 2.75) is 19.8 Å². The predicted molar refractivity (Wildman–Crippen MR) is 83.9 cm³/mol. The number of hydrogen-bond donors (Lipinski definition) is 1. The third kappa shape index (κ3) is 2.67. The summed E-state index contributed by atoms with van der Waals surface area (Å²) in [7, 11) is 0. The van der Waals surface area contributed by atoms with E-state index in [1.807, 2.05) is 18.2 Å². The number of fused-ring (bicyclic) bond motifs is 1. The molecule has 4 nitrogen and oxygen atoms in total. The van der Waals surface area contributed by atoms with Gasteiger partial charge in [-0.05, 0) is 22.8 Å². The Morgan fingerprint density at radius 3 is 2.57 bits per heavy atom. The van der Waals surface area contributed by atoms with Gasteiger partial charge in [-0.3, -0.25) is 0 Å². The summed E-state index contributed by atoms with van der Waals surface area (Å²) in [5.74, 6) is 1.72. The van der Waals surface area contributed by atoms with Crippen molar-refractivity contribution in [2.24, 2.45) is 11.7 Å². The van der Waals surface area contributed by atoms with Gasteiger partial charge in [0.1, 0.15) is 0 Å². The van der Waals surface area contributed by atoms with E-state index < -0.39 is 0 Å². The number of rotatable bonds is 4. The van der Waals surface area contributed by atoms with Crippen LogP contribution < -0.4 is 5.73 Å². The quantitative estimate of drug-likeness (QED) is 0.793. The fourth-order valence-corrected chi connectivity index (χ4v) is 2.49. The lowest BCUT2D eigenvalue weighted by molar-refractivity contribution is 0.324. The van der Waals surface area contributed by atoms with Gasteiger partial charge in [-0.25, -0.2) is 0 Å². The summed E-state index contributed by atoms with van der Waals surface area (Å²) >= 11 is 0. The SMILES string of the molecule is CC(C)C(CN)c1nc(-c2ccc3ccccc3c2)no1. The van der Waals surface area contributed by atoms with Gasteiger partial charge in [0.05, 0.1) is 5.92 Å². The maximum Gasteiger partial charge on any atom is 0.231 e. The Labute approximate surface area is 124 Å². The van der Waals surface area contributed by atoms with Crippen molar-refractivity contribution in [2.75, 3.05) is 6.54 Å². The predicted octanol–water partition coefficient (Wildman–Crippen LogP) is 3.59. The molecule has 1 heterocycles. The van der Waals surface area contributed by atoms with E-state index in [1.54, 1.807) is 0 Å². The first kappa shape index (κ1) is 13.8. The molecule has 0 saturated heterocycles. The Morgan fingerprint density at radius 1 is 1.10 bits per heavy atom. The third-order valence-electron chi connectivity index (χ3n) is 3.83. The molecule has 3 rings (SSSR count). The van der Waals surface area contributed by atoms with Crippen LogP contribution in [0, 0.1) is 5.92 Å². The van der Waals surface area contributed by atoms with Crippen LogP contribution >= 0.6 is 0 Å². The minimum Gasteiger partial charge on any atom is -0.339 e. The molecule has 4 heteroatoms. The van der Waals surface area contributed by atoms with Gasteiger partial charge in [0.15, 0.2) is 0 Å². The lowest BCUT2D eigenvalue weighted by Crippen LogP contribution is -2.18. The van der Waals surface area contributed by atoms with E-state index in [0.717, 1.165) is 5.56 Å². The second kappa shape index (κ2) is 5.66. The Hall–Kier alpha value is -2.20. The van der Waals surface area contributed by atoms with E-state index >= 15 is 0 Å². The monoisotopic (exact) mass is 281 g/mol. The molecule has 0 spiro atoms. The molecule has 108 valence electrons. The molecule has 0 radical (unpaired) electrons. The lowest BCUT2D eigenvalue weighted by atomic mass is 9.96. The highest BCUT2D eigenvalue weighted by molar-refractivity contribution is 5.86. The van der Waals surface area contributed by atoms with Crippen molar-refractivity contribution in [3.05, 3.63) is 48.4 Å². The van der Waals surface area contributed by atoms with Gasteiger partial charge < -0.3 is 10.3 Å². The van der Waals surface area contributed by atoms with E-state index in [9.17, 15) is 0 Å². The minimum atomic E-state index is 0.103. The topological polar surface area (TPSA) is 64.9 Å². The smallest absolute Gasteiger partial charge is 0.231 e. The maximum absolute atomic E-state index is 5.80. The van der Waals surface area contributed by atoms with Crippen molar-refractivity contribution < 1.29 is 4.52 Å². The molecule has 1 aromatic heterocycles. The standard InChI is InChI=1S/C17H19N3O/c1-11(2)15(10-18)17-19-16(20-21-17)14-8-7-12-5-3-4-6-13(12)9-14/h3-9,11,15H,10,18H2,1-2H3. The molecular formula is C17H19N3O. The number of benzene rings is 2. The van der Waals surface area contributed by atoms with E-state index in [4.69, 9.17) is 10.3 Å². The van der Waals surface area contributed by atoms with Gasteiger partial charge in [-0.1, -0.05) is 55.4 Å². The van der Waals surface area contributed by atoms with E-state index in [-0.39, 0.29) is 5.92 Å². The van der Waals surface area contributed by atoms with Crippen molar-refractivity contribution in [3.8, 4) is 11.4 Å². The van der Waals surface area contributed by atoms with Crippen molar-refractivity contribution in [3.63, 3.8) is 0 Å². The molecule has 0 amide bonds. The van der Waals surface area contributed by atoms with Gasteiger partial charge in [-0.15, -0.1) is 0 Å². The fourth-order valence-electron chi connectivity index (χ4n) is 2.49. The van der Waals surface area contributed by atoms with Crippen LogP contribution in [0.25, 0.3) is 22.2 Å². The highest BCUT2D eigenvalue weighted by Crippen LogP contribution is 2.26. The molecule has 0 bridgehead atoms. The summed E-state index contributed by atoms with van der Waals surface area (Å²) < 4.78 is 5.40. The summed E-state index contributed by atoms with van der Waals surface area (Å²) in [6.45, 7) is 4.73. The zero-order chi connectivity index (χ0) is 14.8. The third-order valence-corrected chi connectivity index (χ3v) is 3.83. The first-order valence-electron chi connectivity index (χ1n) is 7.22. The minimum absolute atomic E-state index is 0.103. The Bertz CT molecular complexity index is 748. The van der Waals surface area contributed by atoms with Gasteiger partial charge in [0.25, 0.3) is 0 Å². The summed E-state index contributed by atoms with van der Waals surface area (Å²) in [5, 5.41) is 6.47. The highest BCUT2D eigenvalue weighted by atomic mass is 16.5. The number of aromatic nitrogens is 2. The summed E-state index contributed by atoms with van der Waals surface area (Å²) in [6, 6.07) is 14.4. The Morgan fingerprint density at radius 2 is 1.86 bits per heavy atom. The normalized spacial score (nSPS) is 13.0. The summed E-state index contributed by atoms with van der Waals surface area (Å²) in [5.41, 5.74) is 6.76. The molecule has 0 fully saturated rings. The molecule has 1 unspecified atom stereocenters. The first-order chi connectivity index (χ1) is 10.2. The van der Waals surface area contributed by atoms with Crippen LogP contribution in [0.4, 0.5) is 0 Å². The number of nitrogens with zero attached hydrogens (tertiary/aromatic N) is 2. The van der Waals surface area contributed by atoms with E-state index in [1.165, 1.54) is 10.8 Å². The van der Waals surface area contributed by atoms with Crippen LogP contribution in [-0.4, -0.2) is 16.7 Å². The zero-order valence-electron chi connectivity index (χ0n) is 12.3. The van der Waals surface area contributed by atoms with Crippen LogP contribution in [0.5, 0.6) is 0 Å². The average molecular weight is 281 g/mol. The van der Waals surface area contributed by atoms with E-state index in [0.29, 0.717) is 24.2 Å². The summed E-state index contributed by atoms with van der Waals surface area (Å²) in [4.78, 5) is 4.52. The zero-order valence-corrected chi connectivity index (χ0v) is 12.3. The molecule has 0 aliphatic heterocycles. The molecule has 1 atom stereocenters. The second-order valence-corrected chi connectivity index (χ2v) is 5.60. The fraction of sp³-hybridized carbons (Fsp3) is 0.294. The molecule has 2 N–H and O–H groups in total. The van der Waals surface area contributed by atoms with Crippen molar-refractivity contribution >= 4 is 10.8 Å². The van der Waals surface area contributed by atoms with E-state index in [2.05, 4.69) is 48.3 Å². The molecule has 0 aliphatic carbocycles. The molecular weight excluding hydrogens is 262 g/mol. The molecule has 2 aromatic carbocycles. The Balaban J connectivity index is 1.97. The maximum atomic E-state index is 5.80. The first-order valence-corrected chi connectivity index (χ1v) is 7.22. The molecule has 3 aromatic rings. The second-order valence-electron chi connectivity index (χ2n) is 5.60.